The van der Waals surface area contributed by atoms with Gasteiger partial charge in [-0.2, -0.15) is 8.42 Å². The van der Waals surface area contributed by atoms with Crippen molar-refractivity contribution in [3.05, 3.63) is 34.3 Å². The van der Waals surface area contributed by atoms with Crippen LogP contribution in [-0.4, -0.2) is 15.0 Å². The van der Waals surface area contributed by atoms with Gasteiger partial charge in [0.05, 0.1) is 6.61 Å². The molecular formula is C13H19BrO3S. The van der Waals surface area contributed by atoms with E-state index in [9.17, 15) is 8.42 Å². The number of benzene rings is 1. The molecule has 0 spiro atoms. The summed E-state index contributed by atoms with van der Waals surface area (Å²) in [6, 6.07) is 7.25. The second kappa shape index (κ2) is 7.92. The van der Waals surface area contributed by atoms with Gasteiger partial charge in [-0.15, -0.1) is 0 Å². The Kier molecular flexibility index (Phi) is 6.89. The molecule has 18 heavy (non-hydrogen) atoms. The topological polar surface area (TPSA) is 43.4 Å². The lowest BCUT2D eigenvalue weighted by atomic mass is 10.2. The van der Waals surface area contributed by atoms with Gasteiger partial charge in [0.1, 0.15) is 5.75 Å². The van der Waals surface area contributed by atoms with Crippen LogP contribution in [0.25, 0.3) is 0 Å². The molecule has 0 unspecified atom stereocenters. The van der Waals surface area contributed by atoms with Crippen molar-refractivity contribution in [3.63, 3.8) is 0 Å². The molecule has 0 heterocycles. The molecule has 102 valence electrons. The van der Waals surface area contributed by atoms with Gasteiger partial charge >= 0.3 is 0 Å². The van der Waals surface area contributed by atoms with Crippen LogP contribution in [0.4, 0.5) is 0 Å². The van der Waals surface area contributed by atoms with Crippen LogP contribution in [0, 0.1) is 0 Å². The molecule has 0 radical (unpaired) electrons. The molecule has 1 aromatic carbocycles. The molecule has 0 atom stereocenters. The van der Waals surface area contributed by atoms with Gasteiger partial charge in [-0.05, 0) is 24.1 Å². The summed E-state index contributed by atoms with van der Waals surface area (Å²) in [6.07, 6.45) is 4.06. The molecule has 0 aliphatic rings. The average Bonchev–Trinajstić information content (AvgIpc) is 2.28. The molecule has 0 aliphatic carbocycles. The zero-order chi connectivity index (χ0) is 13.4. The van der Waals surface area contributed by atoms with Crippen molar-refractivity contribution in [2.24, 2.45) is 0 Å². The monoisotopic (exact) mass is 334 g/mol. The molecule has 0 saturated carbocycles. The van der Waals surface area contributed by atoms with Gasteiger partial charge in [0, 0.05) is 4.47 Å². The van der Waals surface area contributed by atoms with Crippen molar-refractivity contribution < 1.29 is 12.6 Å². The maximum Gasteiger partial charge on any atom is 0.271 e. The van der Waals surface area contributed by atoms with Crippen LogP contribution in [0.1, 0.15) is 38.2 Å². The van der Waals surface area contributed by atoms with Gasteiger partial charge in [0.2, 0.25) is 0 Å². The maximum absolute atomic E-state index is 11.7. The van der Waals surface area contributed by atoms with Crippen LogP contribution in [0.2, 0.25) is 0 Å². The highest BCUT2D eigenvalue weighted by Gasteiger charge is 2.12. The molecule has 0 fully saturated rings. The van der Waals surface area contributed by atoms with Crippen LogP contribution < -0.4 is 0 Å². The Morgan fingerprint density at radius 3 is 2.67 bits per heavy atom. The summed E-state index contributed by atoms with van der Waals surface area (Å²) >= 11 is 3.32. The molecule has 0 bridgehead atoms. The van der Waals surface area contributed by atoms with Crippen molar-refractivity contribution in [2.45, 2.75) is 38.4 Å². The van der Waals surface area contributed by atoms with E-state index in [4.69, 9.17) is 4.18 Å². The lowest BCUT2D eigenvalue weighted by Crippen LogP contribution is -2.10. The quantitative estimate of drug-likeness (QED) is 0.535. The Morgan fingerprint density at radius 2 is 2.00 bits per heavy atom. The van der Waals surface area contributed by atoms with Gasteiger partial charge in [0.15, 0.2) is 0 Å². The van der Waals surface area contributed by atoms with Gasteiger partial charge < -0.3 is 0 Å². The second-order valence-corrected chi connectivity index (χ2v) is 6.77. The van der Waals surface area contributed by atoms with Crippen LogP contribution >= 0.6 is 15.9 Å². The van der Waals surface area contributed by atoms with Crippen molar-refractivity contribution in [1.29, 1.82) is 0 Å². The van der Waals surface area contributed by atoms with Gasteiger partial charge in [-0.3, -0.25) is 4.18 Å². The smallest absolute Gasteiger partial charge is 0.270 e. The fourth-order valence-corrected chi connectivity index (χ4v) is 3.08. The minimum absolute atomic E-state index is 0.0692. The Labute approximate surface area is 118 Å². The van der Waals surface area contributed by atoms with Crippen molar-refractivity contribution in [3.8, 4) is 0 Å². The van der Waals surface area contributed by atoms with E-state index in [0.717, 1.165) is 35.7 Å². The molecule has 0 amide bonds. The number of unbranched alkanes of at least 4 members (excludes halogenated alkanes) is 3. The Morgan fingerprint density at radius 1 is 1.22 bits per heavy atom. The fraction of sp³-hybridized carbons (Fsp3) is 0.538. The van der Waals surface area contributed by atoms with E-state index >= 15 is 0 Å². The van der Waals surface area contributed by atoms with Crippen LogP contribution in [-0.2, 0) is 20.1 Å². The van der Waals surface area contributed by atoms with E-state index < -0.39 is 10.1 Å². The SMILES string of the molecule is CCCCCCOS(=O)(=O)Cc1cccc(Br)c1. The molecule has 0 aliphatic heterocycles. The summed E-state index contributed by atoms with van der Waals surface area (Å²) in [5, 5.41) is 0. The number of rotatable bonds is 8. The summed E-state index contributed by atoms with van der Waals surface area (Å²) in [4.78, 5) is 0. The minimum atomic E-state index is -3.46. The predicted octanol–water partition coefficient (Wildman–Crippen LogP) is 3.88. The minimum Gasteiger partial charge on any atom is -0.270 e. The third-order valence-corrected chi connectivity index (χ3v) is 4.20. The lowest BCUT2D eigenvalue weighted by Gasteiger charge is -2.06. The highest BCUT2D eigenvalue weighted by atomic mass is 79.9. The molecule has 0 saturated heterocycles. The van der Waals surface area contributed by atoms with Crippen LogP contribution in [0.5, 0.6) is 0 Å². The number of halogens is 1. The second-order valence-electron chi connectivity index (χ2n) is 4.21. The van der Waals surface area contributed by atoms with E-state index in [1.807, 2.05) is 12.1 Å². The first-order valence-electron chi connectivity index (χ1n) is 6.15. The van der Waals surface area contributed by atoms with E-state index in [0.29, 0.717) is 0 Å². The first kappa shape index (κ1) is 15.7. The summed E-state index contributed by atoms with van der Waals surface area (Å²) in [5.74, 6) is -0.0692. The Bertz CT molecular complexity index is 457. The maximum atomic E-state index is 11.7. The van der Waals surface area contributed by atoms with Gasteiger partial charge in [-0.25, -0.2) is 0 Å². The third kappa shape index (κ3) is 6.52. The molecule has 3 nitrogen and oxygen atoms in total. The largest absolute Gasteiger partial charge is 0.271 e. The zero-order valence-electron chi connectivity index (χ0n) is 10.6. The van der Waals surface area contributed by atoms with Crippen molar-refractivity contribution >= 4 is 26.0 Å². The summed E-state index contributed by atoms with van der Waals surface area (Å²) in [6.45, 7) is 2.40. The molecular weight excluding hydrogens is 316 g/mol. The van der Waals surface area contributed by atoms with E-state index in [-0.39, 0.29) is 12.4 Å². The van der Waals surface area contributed by atoms with E-state index in [1.165, 1.54) is 0 Å². The van der Waals surface area contributed by atoms with Crippen molar-refractivity contribution in [1.82, 2.24) is 0 Å². The number of hydrogen-bond acceptors (Lipinski definition) is 3. The summed E-state index contributed by atoms with van der Waals surface area (Å²) in [7, 11) is -3.46. The van der Waals surface area contributed by atoms with E-state index in [1.54, 1.807) is 12.1 Å². The molecule has 1 aromatic rings. The molecule has 1 rings (SSSR count). The van der Waals surface area contributed by atoms with Gasteiger partial charge in [-0.1, -0.05) is 54.2 Å². The molecule has 5 heteroatoms. The fourth-order valence-electron chi connectivity index (χ4n) is 1.59. The Hall–Kier alpha value is -0.390. The predicted molar refractivity (Wildman–Crippen MR) is 76.9 cm³/mol. The zero-order valence-corrected chi connectivity index (χ0v) is 13.0. The first-order valence-corrected chi connectivity index (χ1v) is 8.52. The summed E-state index contributed by atoms with van der Waals surface area (Å²) in [5.41, 5.74) is 0.734. The molecule has 0 aromatic heterocycles. The number of hydrogen-bond donors (Lipinski definition) is 0. The van der Waals surface area contributed by atoms with Crippen LogP contribution in [0.3, 0.4) is 0 Å². The van der Waals surface area contributed by atoms with Gasteiger partial charge in [0.25, 0.3) is 10.1 Å². The molecule has 0 N–H and O–H groups in total. The Balaban J connectivity index is 2.40. The lowest BCUT2D eigenvalue weighted by molar-refractivity contribution is 0.306. The highest BCUT2D eigenvalue weighted by molar-refractivity contribution is 9.10. The first-order chi connectivity index (χ1) is 8.53. The highest BCUT2D eigenvalue weighted by Crippen LogP contribution is 2.15. The van der Waals surface area contributed by atoms with Crippen molar-refractivity contribution in [2.75, 3.05) is 6.61 Å². The third-order valence-electron chi connectivity index (χ3n) is 2.49. The average molecular weight is 335 g/mol. The van der Waals surface area contributed by atoms with E-state index in [2.05, 4.69) is 22.9 Å². The standard InChI is InChI=1S/C13H19BrO3S/c1-2-3-4-5-9-17-18(15,16)11-12-7-6-8-13(14)10-12/h6-8,10H,2-5,9,11H2,1H3. The van der Waals surface area contributed by atoms with Crippen LogP contribution in [0.15, 0.2) is 28.7 Å². The summed E-state index contributed by atoms with van der Waals surface area (Å²) < 4.78 is 29.3. The normalized spacial score (nSPS) is 11.7.